The van der Waals surface area contributed by atoms with Crippen LogP contribution in [0.15, 0.2) is 12.1 Å². The standard InChI is InChI=1S/C10H17NO3P2/c11-3-9(13)6-1-2-8(12)10(14-5-16)7(6)4-15/h1-2,9,12-13H,3-5,11,15-16H2. The number of rotatable bonds is 5. The van der Waals surface area contributed by atoms with E-state index in [1.54, 1.807) is 6.07 Å². The number of nitrogens with two attached hydrogens (primary N) is 1. The van der Waals surface area contributed by atoms with Crippen molar-refractivity contribution in [3.05, 3.63) is 23.3 Å². The Hall–Kier alpha value is -0.400. The van der Waals surface area contributed by atoms with E-state index in [2.05, 4.69) is 18.5 Å². The van der Waals surface area contributed by atoms with E-state index < -0.39 is 6.10 Å². The van der Waals surface area contributed by atoms with Gasteiger partial charge in [-0.15, -0.1) is 9.24 Å². The molecule has 0 saturated heterocycles. The second-order valence-corrected chi connectivity index (χ2v) is 3.99. The van der Waals surface area contributed by atoms with Gasteiger partial charge in [0.2, 0.25) is 0 Å². The highest BCUT2D eigenvalue weighted by Gasteiger charge is 2.17. The Kier molecular flexibility index (Phi) is 5.43. The van der Waals surface area contributed by atoms with Crippen LogP contribution in [0.1, 0.15) is 17.2 Å². The monoisotopic (exact) mass is 261 g/mol. The molecule has 1 aromatic carbocycles. The van der Waals surface area contributed by atoms with Gasteiger partial charge < -0.3 is 20.7 Å². The third-order valence-electron chi connectivity index (χ3n) is 2.29. The van der Waals surface area contributed by atoms with Crippen LogP contribution in [-0.2, 0) is 6.16 Å². The first kappa shape index (κ1) is 13.7. The molecule has 0 aromatic heterocycles. The average Bonchev–Trinajstić information content (AvgIpc) is 2.30. The average molecular weight is 261 g/mol. The highest BCUT2D eigenvalue weighted by molar-refractivity contribution is 7.16. The van der Waals surface area contributed by atoms with Crippen LogP contribution in [-0.4, -0.2) is 23.1 Å². The molecule has 0 aliphatic heterocycles. The summed E-state index contributed by atoms with van der Waals surface area (Å²) < 4.78 is 5.34. The fourth-order valence-electron chi connectivity index (χ4n) is 1.52. The topological polar surface area (TPSA) is 75.7 Å². The van der Waals surface area contributed by atoms with E-state index in [-0.39, 0.29) is 12.3 Å². The Morgan fingerprint density at radius 2 is 2.06 bits per heavy atom. The van der Waals surface area contributed by atoms with E-state index in [1.807, 2.05) is 0 Å². The molecule has 0 heterocycles. The molecule has 0 saturated carbocycles. The van der Waals surface area contributed by atoms with E-state index in [0.29, 0.717) is 23.8 Å². The molecular formula is C10H17NO3P2. The number of aliphatic hydroxyl groups is 1. The molecule has 90 valence electrons. The molecule has 4 nitrogen and oxygen atoms in total. The zero-order valence-electron chi connectivity index (χ0n) is 8.89. The maximum absolute atomic E-state index is 9.75. The molecule has 4 N–H and O–H groups in total. The van der Waals surface area contributed by atoms with Crippen LogP contribution in [0.4, 0.5) is 0 Å². The quantitative estimate of drug-likeness (QED) is 0.690. The van der Waals surface area contributed by atoms with Crippen LogP contribution < -0.4 is 10.5 Å². The second kappa shape index (κ2) is 6.36. The zero-order chi connectivity index (χ0) is 12.1. The normalized spacial score (nSPS) is 12.5. The van der Waals surface area contributed by atoms with Crippen LogP contribution in [0, 0.1) is 0 Å². The van der Waals surface area contributed by atoms with Gasteiger partial charge in [0.25, 0.3) is 0 Å². The van der Waals surface area contributed by atoms with Crippen LogP contribution >= 0.6 is 18.5 Å². The number of hydrogen-bond acceptors (Lipinski definition) is 4. The molecule has 0 radical (unpaired) electrons. The van der Waals surface area contributed by atoms with Crippen LogP contribution in [0.5, 0.6) is 11.5 Å². The number of benzene rings is 1. The number of hydrogen-bond donors (Lipinski definition) is 3. The summed E-state index contributed by atoms with van der Waals surface area (Å²) in [5.74, 6) is 0.489. The first-order chi connectivity index (χ1) is 7.65. The van der Waals surface area contributed by atoms with Crippen molar-refractivity contribution in [3.8, 4) is 11.5 Å². The van der Waals surface area contributed by atoms with E-state index in [1.165, 1.54) is 6.07 Å². The highest BCUT2D eigenvalue weighted by atomic mass is 31.0. The lowest BCUT2D eigenvalue weighted by Gasteiger charge is -2.17. The van der Waals surface area contributed by atoms with E-state index in [9.17, 15) is 10.2 Å². The van der Waals surface area contributed by atoms with Gasteiger partial charge in [-0.25, -0.2) is 0 Å². The number of phenols is 1. The molecule has 0 amide bonds. The maximum Gasteiger partial charge on any atom is 0.165 e. The van der Waals surface area contributed by atoms with Crippen molar-refractivity contribution in [3.63, 3.8) is 0 Å². The fourth-order valence-corrected chi connectivity index (χ4v) is 2.11. The number of aromatic hydroxyl groups is 1. The first-order valence-electron chi connectivity index (χ1n) is 4.91. The van der Waals surface area contributed by atoms with Crippen molar-refractivity contribution in [1.82, 2.24) is 0 Å². The smallest absolute Gasteiger partial charge is 0.165 e. The van der Waals surface area contributed by atoms with Crippen molar-refractivity contribution in [2.75, 3.05) is 12.9 Å². The molecule has 0 aliphatic rings. The molecule has 16 heavy (non-hydrogen) atoms. The van der Waals surface area contributed by atoms with E-state index in [4.69, 9.17) is 10.5 Å². The van der Waals surface area contributed by atoms with Gasteiger partial charge in [-0.3, -0.25) is 0 Å². The first-order valence-corrected chi connectivity index (χ1v) is 6.54. The Bertz CT molecular complexity index is 360. The highest BCUT2D eigenvalue weighted by Crippen LogP contribution is 2.36. The van der Waals surface area contributed by atoms with Crippen molar-refractivity contribution in [2.24, 2.45) is 5.73 Å². The van der Waals surface area contributed by atoms with Gasteiger partial charge in [0.1, 0.15) is 6.35 Å². The van der Waals surface area contributed by atoms with E-state index in [0.717, 1.165) is 5.56 Å². The van der Waals surface area contributed by atoms with Gasteiger partial charge in [0.05, 0.1) is 6.10 Å². The Morgan fingerprint density at radius 1 is 1.38 bits per heavy atom. The maximum atomic E-state index is 9.75. The Labute approximate surface area is 99.6 Å². The molecule has 3 unspecified atom stereocenters. The lowest BCUT2D eigenvalue weighted by atomic mass is 10.0. The van der Waals surface area contributed by atoms with Crippen LogP contribution in [0.2, 0.25) is 0 Å². The number of ether oxygens (including phenoxy) is 1. The summed E-state index contributed by atoms with van der Waals surface area (Å²) in [7, 11) is 4.97. The molecule has 1 rings (SSSR count). The van der Waals surface area contributed by atoms with Crippen LogP contribution in [0.3, 0.4) is 0 Å². The fraction of sp³-hybridized carbons (Fsp3) is 0.400. The van der Waals surface area contributed by atoms with Gasteiger partial charge >= 0.3 is 0 Å². The summed E-state index contributed by atoms with van der Waals surface area (Å²) in [5.41, 5.74) is 6.89. The van der Waals surface area contributed by atoms with Crippen molar-refractivity contribution in [1.29, 1.82) is 0 Å². The summed E-state index contributed by atoms with van der Waals surface area (Å²) >= 11 is 0. The summed E-state index contributed by atoms with van der Waals surface area (Å²) in [4.78, 5) is 0. The van der Waals surface area contributed by atoms with E-state index >= 15 is 0 Å². The molecule has 0 aliphatic carbocycles. The van der Waals surface area contributed by atoms with Crippen molar-refractivity contribution < 1.29 is 14.9 Å². The summed E-state index contributed by atoms with van der Waals surface area (Å²) in [6.07, 6.45) is 0.233. The van der Waals surface area contributed by atoms with Gasteiger partial charge in [-0.1, -0.05) is 15.3 Å². The Balaban J connectivity index is 3.24. The molecular weight excluding hydrogens is 244 g/mol. The van der Waals surface area contributed by atoms with Gasteiger partial charge in [-0.05, 0) is 17.8 Å². The van der Waals surface area contributed by atoms with Gasteiger partial charge in [-0.2, -0.15) is 0 Å². The predicted octanol–water partition coefficient (Wildman–Crippen LogP) is 0.971. The minimum Gasteiger partial charge on any atom is -0.504 e. The van der Waals surface area contributed by atoms with Gasteiger partial charge in [0.15, 0.2) is 11.5 Å². The van der Waals surface area contributed by atoms with Crippen molar-refractivity contribution >= 4 is 18.5 Å². The zero-order valence-corrected chi connectivity index (χ0v) is 11.2. The summed E-state index contributed by atoms with van der Waals surface area (Å²) in [6, 6.07) is 3.18. The lowest BCUT2D eigenvalue weighted by Crippen LogP contribution is -2.13. The van der Waals surface area contributed by atoms with Crippen LogP contribution in [0.25, 0.3) is 0 Å². The molecule has 0 fully saturated rings. The number of phenolic OH excluding ortho intramolecular Hbond substituents is 1. The minimum absolute atomic E-state index is 0.0767. The largest absolute Gasteiger partial charge is 0.504 e. The molecule has 3 atom stereocenters. The van der Waals surface area contributed by atoms with Crippen molar-refractivity contribution in [2.45, 2.75) is 12.3 Å². The molecule has 1 aromatic rings. The minimum atomic E-state index is -0.733. The second-order valence-electron chi connectivity index (χ2n) is 3.25. The SMILES string of the molecule is NCC(O)c1ccc(O)c(OCP)c1CP. The molecule has 0 bridgehead atoms. The lowest BCUT2D eigenvalue weighted by molar-refractivity contribution is 0.185. The summed E-state index contributed by atoms with van der Waals surface area (Å²) in [6.45, 7) is 0.142. The predicted molar refractivity (Wildman–Crippen MR) is 70.7 cm³/mol. The third-order valence-corrected chi connectivity index (χ3v) is 2.86. The van der Waals surface area contributed by atoms with Gasteiger partial charge in [0, 0.05) is 12.1 Å². The third kappa shape index (κ3) is 2.83. The molecule has 6 heteroatoms. The summed E-state index contributed by atoms with van der Waals surface area (Å²) in [5, 5.41) is 19.4. The Morgan fingerprint density at radius 3 is 2.56 bits per heavy atom. The number of aliphatic hydroxyl groups excluding tert-OH is 1. The molecule has 0 spiro atoms.